The molecule has 3 rings (SSSR count). The summed E-state index contributed by atoms with van der Waals surface area (Å²) in [4.78, 5) is 26.2. The zero-order valence-corrected chi connectivity index (χ0v) is 14.7. The van der Waals surface area contributed by atoms with Crippen molar-refractivity contribution >= 4 is 17.2 Å². The number of nitrogens with one attached hydrogen (secondary N) is 1. The molecule has 128 valence electrons. The summed E-state index contributed by atoms with van der Waals surface area (Å²) in [6.45, 7) is 1.21. The van der Waals surface area contributed by atoms with Gasteiger partial charge >= 0.3 is 0 Å². The first-order valence-corrected chi connectivity index (χ1v) is 9.61. The minimum atomic E-state index is 0.00175. The molecular formula is C19H24N2O2S. The Morgan fingerprint density at radius 3 is 2.83 bits per heavy atom. The maximum absolute atomic E-state index is 12.3. The molecule has 0 unspecified atom stereocenters. The second-order valence-corrected chi connectivity index (χ2v) is 7.45. The van der Waals surface area contributed by atoms with E-state index in [0.717, 1.165) is 24.1 Å². The second kappa shape index (κ2) is 8.29. The Balaban J connectivity index is 1.51. The van der Waals surface area contributed by atoms with Gasteiger partial charge in [-0.3, -0.25) is 9.59 Å². The molecule has 0 radical (unpaired) electrons. The Labute approximate surface area is 146 Å². The van der Waals surface area contributed by atoms with E-state index in [4.69, 9.17) is 0 Å². The zero-order chi connectivity index (χ0) is 16.8. The van der Waals surface area contributed by atoms with E-state index in [1.54, 1.807) is 34.2 Å². The van der Waals surface area contributed by atoms with Gasteiger partial charge in [0.1, 0.15) is 0 Å². The van der Waals surface area contributed by atoms with Crippen molar-refractivity contribution in [3.63, 3.8) is 0 Å². The van der Waals surface area contributed by atoms with Crippen LogP contribution in [0.5, 0.6) is 0 Å². The quantitative estimate of drug-likeness (QED) is 0.845. The number of aryl methyl sites for hydroxylation is 3. The third kappa shape index (κ3) is 4.35. The van der Waals surface area contributed by atoms with Crippen molar-refractivity contribution in [1.82, 2.24) is 9.88 Å². The fraction of sp³-hybridized carbons (Fsp3) is 0.474. The van der Waals surface area contributed by atoms with Crippen LogP contribution < -0.4 is 10.9 Å². The SMILES string of the molecule is O=C(NCCCn1ccccc1=O)c1cc2c(s1)CCCCCC2. The van der Waals surface area contributed by atoms with E-state index < -0.39 is 0 Å². The van der Waals surface area contributed by atoms with Crippen LogP contribution in [0.15, 0.2) is 35.3 Å². The van der Waals surface area contributed by atoms with Gasteiger partial charge in [-0.2, -0.15) is 0 Å². The molecule has 0 spiro atoms. The number of thiophene rings is 1. The molecule has 0 atom stereocenters. The van der Waals surface area contributed by atoms with E-state index in [1.807, 2.05) is 6.07 Å². The molecule has 2 heterocycles. The molecular weight excluding hydrogens is 320 g/mol. The first kappa shape index (κ1) is 17.0. The lowest BCUT2D eigenvalue weighted by molar-refractivity contribution is 0.0956. The van der Waals surface area contributed by atoms with Crippen LogP contribution >= 0.6 is 11.3 Å². The number of fused-ring (bicyclic) bond motifs is 1. The first-order valence-electron chi connectivity index (χ1n) is 8.79. The van der Waals surface area contributed by atoms with Crippen LogP contribution in [0, 0.1) is 0 Å². The Bertz CT molecular complexity index is 722. The summed E-state index contributed by atoms with van der Waals surface area (Å²) >= 11 is 1.66. The number of carbonyl (C=O) groups is 1. The molecule has 1 amide bonds. The van der Waals surface area contributed by atoms with Crippen LogP contribution in [-0.4, -0.2) is 17.0 Å². The summed E-state index contributed by atoms with van der Waals surface area (Å²) in [5.41, 5.74) is 1.38. The lowest BCUT2D eigenvalue weighted by atomic mass is 10.00. The van der Waals surface area contributed by atoms with Crippen molar-refractivity contribution in [1.29, 1.82) is 0 Å². The molecule has 1 aliphatic rings. The molecule has 0 aliphatic heterocycles. The number of rotatable bonds is 5. The van der Waals surface area contributed by atoms with Crippen LogP contribution in [0.1, 0.15) is 52.2 Å². The Morgan fingerprint density at radius 1 is 1.17 bits per heavy atom. The van der Waals surface area contributed by atoms with Crippen molar-refractivity contribution in [3.8, 4) is 0 Å². The Morgan fingerprint density at radius 2 is 2.00 bits per heavy atom. The second-order valence-electron chi connectivity index (χ2n) is 6.32. The van der Waals surface area contributed by atoms with Gasteiger partial charge in [0.05, 0.1) is 4.88 Å². The largest absolute Gasteiger partial charge is 0.351 e. The van der Waals surface area contributed by atoms with Crippen molar-refractivity contribution in [2.45, 2.75) is 51.5 Å². The summed E-state index contributed by atoms with van der Waals surface area (Å²) < 4.78 is 1.67. The number of nitrogens with zero attached hydrogens (tertiary/aromatic N) is 1. The molecule has 0 saturated carbocycles. The average molecular weight is 344 g/mol. The van der Waals surface area contributed by atoms with Gasteiger partial charge in [0.15, 0.2) is 0 Å². The number of aromatic nitrogens is 1. The lowest BCUT2D eigenvalue weighted by Crippen LogP contribution is -2.26. The van der Waals surface area contributed by atoms with Gasteiger partial charge in [-0.1, -0.05) is 18.9 Å². The van der Waals surface area contributed by atoms with Gasteiger partial charge < -0.3 is 9.88 Å². The minimum absolute atomic E-state index is 0.00175. The molecule has 0 saturated heterocycles. The van der Waals surface area contributed by atoms with E-state index in [0.29, 0.717) is 13.1 Å². The summed E-state index contributed by atoms with van der Waals surface area (Å²) in [6.07, 6.45) is 9.83. The lowest BCUT2D eigenvalue weighted by Gasteiger charge is -2.07. The van der Waals surface area contributed by atoms with Gasteiger partial charge in [-0.05, 0) is 49.8 Å². The highest BCUT2D eigenvalue weighted by atomic mass is 32.1. The van der Waals surface area contributed by atoms with E-state index in [-0.39, 0.29) is 11.5 Å². The average Bonchev–Trinajstić information content (AvgIpc) is 2.95. The summed E-state index contributed by atoms with van der Waals surface area (Å²) in [5.74, 6) is 0.0205. The number of pyridine rings is 1. The number of hydrogen-bond acceptors (Lipinski definition) is 3. The molecule has 1 N–H and O–H groups in total. The van der Waals surface area contributed by atoms with Crippen LogP contribution in [-0.2, 0) is 19.4 Å². The third-order valence-electron chi connectivity index (χ3n) is 4.48. The summed E-state index contributed by atoms with van der Waals surface area (Å²) in [7, 11) is 0. The van der Waals surface area contributed by atoms with Crippen LogP contribution in [0.4, 0.5) is 0 Å². The van der Waals surface area contributed by atoms with E-state index >= 15 is 0 Å². The highest BCUT2D eigenvalue weighted by Crippen LogP contribution is 2.28. The smallest absolute Gasteiger partial charge is 0.261 e. The maximum Gasteiger partial charge on any atom is 0.261 e. The predicted molar refractivity (Wildman–Crippen MR) is 97.8 cm³/mol. The fourth-order valence-electron chi connectivity index (χ4n) is 3.14. The topological polar surface area (TPSA) is 51.1 Å². The van der Waals surface area contributed by atoms with Crippen molar-refractivity contribution in [3.05, 3.63) is 56.1 Å². The maximum atomic E-state index is 12.3. The van der Waals surface area contributed by atoms with E-state index in [9.17, 15) is 9.59 Å². The highest BCUT2D eigenvalue weighted by molar-refractivity contribution is 7.14. The first-order chi connectivity index (χ1) is 11.7. The van der Waals surface area contributed by atoms with Crippen molar-refractivity contribution in [2.24, 2.45) is 0 Å². The van der Waals surface area contributed by atoms with Gasteiger partial charge in [0, 0.05) is 30.2 Å². The molecule has 2 aromatic rings. The summed E-state index contributed by atoms with van der Waals surface area (Å²) in [6, 6.07) is 7.23. The Kier molecular flexibility index (Phi) is 5.86. The fourth-order valence-corrected chi connectivity index (χ4v) is 4.31. The normalized spacial score (nSPS) is 14.5. The number of amides is 1. The predicted octanol–water partition coefficient (Wildman–Crippen LogP) is 3.39. The van der Waals surface area contributed by atoms with E-state index in [1.165, 1.54) is 36.1 Å². The highest BCUT2D eigenvalue weighted by Gasteiger charge is 2.15. The molecule has 2 aromatic heterocycles. The van der Waals surface area contributed by atoms with Crippen LogP contribution in [0.3, 0.4) is 0 Å². The molecule has 5 heteroatoms. The third-order valence-corrected chi connectivity index (χ3v) is 5.72. The Hall–Kier alpha value is -1.88. The molecule has 0 bridgehead atoms. The van der Waals surface area contributed by atoms with Crippen LogP contribution in [0.2, 0.25) is 0 Å². The minimum Gasteiger partial charge on any atom is -0.351 e. The van der Waals surface area contributed by atoms with Crippen LogP contribution in [0.25, 0.3) is 0 Å². The number of hydrogen-bond donors (Lipinski definition) is 1. The standard InChI is InChI=1S/C19H24N2O2S/c22-18-10-5-6-12-21(18)13-7-11-20-19(23)17-14-15-8-3-1-2-4-9-16(15)24-17/h5-6,10,12,14H,1-4,7-9,11,13H2,(H,20,23). The zero-order valence-electron chi connectivity index (χ0n) is 13.9. The molecule has 0 fully saturated rings. The van der Waals surface area contributed by atoms with Gasteiger partial charge in [-0.25, -0.2) is 0 Å². The van der Waals surface area contributed by atoms with Crippen molar-refractivity contribution in [2.75, 3.05) is 6.54 Å². The van der Waals surface area contributed by atoms with Crippen molar-refractivity contribution < 1.29 is 4.79 Å². The van der Waals surface area contributed by atoms with Gasteiger partial charge in [0.2, 0.25) is 5.56 Å². The monoisotopic (exact) mass is 344 g/mol. The molecule has 0 aromatic carbocycles. The summed E-state index contributed by atoms with van der Waals surface area (Å²) in [5, 5.41) is 2.99. The number of carbonyl (C=O) groups excluding carboxylic acids is 1. The van der Waals surface area contributed by atoms with Gasteiger partial charge in [0.25, 0.3) is 5.91 Å². The molecule has 24 heavy (non-hydrogen) atoms. The molecule has 1 aliphatic carbocycles. The van der Waals surface area contributed by atoms with E-state index in [2.05, 4.69) is 11.4 Å². The van der Waals surface area contributed by atoms with Gasteiger partial charge in [-0.15, -0.1) is 11.3 Å². The molecule has 4 nitrogen and oxygen atoms in total.